The Morgan fingerprint density at radius 2 is 2.18 bits per heavy atom. The third-order valence-electron chi connectivity index (χ3n) is 3.91. The third kappa shape index (κ3) is 3.36. The summed E-state index contributed by atoms with van der Waals surface area (Å²) in [5, 5.41) is 0. The molecule has 1 aliphatic rings. The first-order chi connectivity index (χ1) is 10.5. The fraction of sp³-hybridized carbons (Fsp3) is 0.529. The minimum absolute atomic E-state index is 0.0108. The van der Waals surface area contributed by atoms with Gasteiger partial charge < -0.3 is 9.15 Å². The topological polar surface area (TPSA) is 51.4 Å². The molecule has 0 spiro atoms. The molecule has 1 aliphatic heterocycles. The van der Waals surface area contributed by atoms with Crippen molar-refractivity contribution in [3.05, 3.63) is 47.9 Å². The number of rotatable bonds is 3. The van der Waals surface area contributed by atoms with Crippen LogP contribution in [0.25, 0.3) is 0 Å². The molecule has 22 heavy (non-hydrogen) atoms. The van der Waals surface area contributed by atoms with Crippen molar-refractivity contribution in [2.24, 2.45) is 0 Å². The number of nitrogens with zero attached hydrogens (tertiary/aromatic N) is 3. The summed E-state index contributed by atoms with van der Waals surface area (Å²) < 4.78 is 11.4. The summed E-state index contributed by atoms with van der Waals surface area (Å²) in [6.07, 6.45) is 3.59. The summed E-state index contributed by atoms with van der Waals surface area (Å²) in [6.45, 7) is 9.39. The maximum absolute atomic E-state index is 5.75. The first-order valence-electron chi connectivity index (χ1n) is 7.71. The van der Waals surface area contributed by atoms with Gasteiger partial charge in [-0.1, -0.05) is 26.8 Å². The van der Waals surface area contributed by atoms with Crippen LogP contribution in [0.3, 0.4) is 0 Å². The molecule has 0 unspecified atom stereocenters. The van der Waals surface area contributed by atoms with E-state index in [-0.39, 0.29) is 11.5 Å². The number of pyridine rings is 1. The molecular weight excluding hydrogens is 278 g/mol. The second kappa shape index (κ2) is 6.18. The Morgan fingerprint density at radius 1 is 1.32 bits per heavy atom. The molecule has 5 nitrogen and oxygen atoms in total. The Morgan fingerprint density at radius 3 is 2.86 bits per heavy atom. The van der Waals surface area contributed by atoms with E-state index in [4.69, 9.17) is 9.15 Å². The Hall–Kier alpha value is -1.72. The molecular formula is C17H23N3O2. The van der Waals surface area contributed by atoms with Crippen LogP contribution in [-0.4, -0.2) is 34.6 Å². The minimum atomic E-state index is -0.0108. The lowest BCUT2D eigenvalue weighted by Crippen LogP contribution is -2.39. The van der Waals surface area contributed by atoms with E-state index in [0.717, 1.165) is 37.0 Å². The quantitative estimate of drug-likeness (QED) is 0.872. The van der Waals surface area contributed by atoms with Crippen molar-refractivity contribution in [1.29, 1.82) is 0 Å². The van der Waals surface area contributed by atoms with E-state index in [0.29, 0.717) is 6.61 Å². The first-order valence-corrected chi connectivity index (χ1v) is 7.71. The lowest BCUT2D eigenvalue weighted by molar-refractivity contribution is -0.0228. The van der Waals surface area contributed by atoms with Gasteiger partial charge in [0.25, 0.3) is 0 Å². The van der Waals surface area contributed by atoms with E-state index < -0.39 is 0 Å². The maximum Gasteiger partial charge on any atom is 0.214 e. The van der Waals surface area contributed by atoms with Crippen molar-refractivity contribution in [1.82, 2.24) is 14.9 Å². The van der Waals surface area contributed by atoms with Crippen LogP contribution in [0.2, 0.25) is 0 Å². The van der Waals surface area contributed by atoms with E-state index in [1.54, 1.807) is 6.26 Å². The fourth-order valence-electron chi connectivity index (χ4n) is 2.54. The predicted molar refractivity (Wildman–Crippen MR) is 83.4 cm³/mol. The van der Waals surface area contributed by atoms with E-state index in [1.165, 1.54) is 0 Å². The summed E-state index contributed by atoms with van der Waals surface area (Å²) >= 11 is 0. The van der Waals surface area contributed by atoms with Crippen LogP contribution in [0, 0.1) is 0 Å². The SMILES string of the molecule is CC(C)(C)c1coc([C@@H]2COCCN2Cc2ccccn2)n1. The van der Waals surface area contributed by atoms with Crippen molar-refractivity contribution >= 4 is 0 Å². The zero-order valence-electron chi connectivity index (χ0n) is 13.5. The average Bonchev–Trinajstić information content (AvgIpc) is 2.99. The molecule has 0 aromatic carbocycles. The van der Waals surface area contributed by atoms with Crippen molar-refractivity contribution < 1.29 is 9.15 Å². The monoisotopic (exact) mass is 301 g/mol. The van der Waals surface area contributed by atoms with Crippen molar-refractivity contribution in [2.75, 3.05) is 19.8 Å². The zero-order valence-corrected chi connectivity index (χ0v) is 13.5. The number of ether oxygens (including phenoxy) is 1. The van der Waals surface area contributed by atoms with Gasteiger partial charge in [-0.3, -0.25) is 9.88 Å². The van der Waals surface area contributed by atoms with Crippen LogP contribution in [-0.2, 0) is 16.7 Å². The summed E-state index contributed by atoms with van der Waals surface area (Å²) in [4.78, 5) is 11.4. The number of hydrogen-bond donors (Lipinski definition) is 0. The molecule has 2 aromatic heterocycles. The molecule has 3 heterocycles. The van der Waals surface area contributed by atoms with Gasteiger partial charge in [0, 0.05) is 24.7 Å². The highest BCUT2D eigenvalue weighted by atomic mass is 16.5. The maximum atomic E-state index is 5.75. The van der Waals surface area contributed by atoms with E-state index in [1.807, 2.05) is 24.4 Å². The van der Waals surface area contributed by atoms with Crippen LogP contribution >= 0.6 is 0 Å². The van der Waals surface area contributed by atoms with Gasteiger partial charge in [0.05, 0.1) is 24.6 Å². The second-order valence-corrected chi connectivity index (χ2v) is 6.70. The highest BCUT2D eigenvalue weighted by molar-refractivity contribution is 5.11. The smallest absolute Gasteiger partial charge is 0.214 e. The van der Waals surface area contributed by atoms with Crippen LogP contribution in [0.5, 0.6) is 0 Å². The Kier molecular flexibility index (Phi) is 4.27. The zero-order chi connectivity index (χ0) is 15.6. The van der Waals surface area contributed by atoms with Gasteiger partial charge in [0.2, 0.25) is 5.89 Å². The highest BCUT2D eigenvalue weighted by Crippen LogP contribution is 2.28. The summed E-state index contributed by atoms with van der Waals surface area (Å²) in [5.41, 5.74) is 2.02. The van der Waals surface area contributed by atoms with Crippen molar-refractivity contribution in [3.8, 4) is 0 Å². The lowest BCUT2D eigenvalue weighted by atomic mass is 9.93. The lowest BCUT2D eigenvalue weighted by Gasteiger charge is -2.33. The predicted octanol–water partition coefficient (Wildman–Crippen LogP) is 2.94. The van der Waals surface area contributed by atoms with Crippen LogP contribution < -0.4 is 0 Å². The van der Waals surface area contributed by atoms with Gasteiger partial charge in [0.15, 0.2) is 0 Å². The fourth-order valence-corrected chi connectivity index (χ4v) is 2.54. The number of hydrogen-bond acceptors (Lipinski definition) is 5. The standard InChI is InChI=1S/C17H23N3O2/c1-17(2,3)15-12-22-16(19-15)14-11-21-9-8-20(14)10-13-6-4-5-7-18-13/h4-7,12,14H,8-11H2,1-3H3/t14-/m0/s1. The molecule has 0 aliphatic carbocycles. The molecule has 1 fully saturated rings. The van der Waals surface area contributed by atoms with Crippen LogP contribution in [0.1, 0.15) is 44.1 Å². The van der Waals surface area contributed by atoms with E-state index >= 15 is 0 Å². The molecule has 0 amide bonds. The van der Waals surface area contributed by atoms with E-state index in [2.05, 4.69) is 35.6 Å². The summed E-state index contributed by atoms with van der Waals surface area (Å²) in [6, 6.07) is 6.04. The van der Waals surface area contributed by atoms with Gasteiger partial charge in [-0.05, 0) is 12.1 Å². The summed E-state index contributed by atoms with van der Waals surface area (Å²) in [5.74, 6) is 0.737. The average molecular weight is 301 g/mol. The largest absolute Gasteiger partial charge is 0.447 e. The van der Waals surface area contributed by atoms with Gasteiger partial charge in [-0.25, -0.2) is 4.98 Å². The number of aromatic nitrogens is 2. The molecule has 5 heteroatoms. The first kappa shape index (κ1) is 15.2. The number of morpholine rings is 1. The third-order valence-corrected chi connectivity index (χ3v) is 3.91. The highest BCUT2D eigenvalue weighted by Gasteiger charge is 2.30. The normalized spacial score (nSPS) is 20.2. The Balaban J connectivity index is 1.79. The Labute approximate surface area is 131 Å². The summed E-state index contributed by atoms with van der Waals surface area (Å²) in [7, 11) is 0. The molecule has 3 rings (SSSR count). The molecule has 2 aromatic rings. The van der Waals surface area contributed by atoms with Crippen molar-refractivity contribution in [3.63, 3.8) is 0 Å². The van der Waals surface area contributed by atoms with Gasteiger partial charge in [0.1, 0.15) is 12.3 Å². The van der Waals surface area contributed by atoms with Crippen LogP contribution in [0.15, 0.2) is 35.1 Å². The molecule has 118 valence electrons. The molecule has 1 saturated heterocycles. The molecule has 0 N–H and O–H groups in total. The minimum Gasteiger partial charge on any atom is -0.447 e. The second-order valence-electron chi connectivity index (χ2n) is 6.70. The molecule has 0 radical (unpaired) electrons. The Bertz CT molecular complexity index is 604. The van der Waals surface area contributed by atoms with E-state index in [9.17, 15) is 0 Å². The molecule has 0 saturated carbocycles. The van der Waals surface area contributed by atoms with Crippen LogP contribution in [0.4, 0.5) is 0 Å². The van der Waals surface area contributed by atoms with Gasteiger partial charge in [-0.15, -0.1) is 0 Å². The molecule has 1 atom stereocenters. The number of oxazole rings is 1. The molecule has 0 bridgehead atoms. The van der Waals surface area contributed by atoms with Crippen molar-refractivity contribution in [2.45, 2.75) is 38.8 Å². The van der Waals surface area contributed by atoms with Gasteiger partial charge in [-0.2, -0.15) is 0 Å². The van der Waals surface area contributed by atoms with Gasteiger partial charge >= 0.3 is 0 Å².